The van der Waals surface area contributed by atoms with Gasteiger partial charge in [-0.2, -0.15) is 9.97 Å². The van der Waals surface area contributed by atoms with Crippen molar-refractivity contribution in [1.29, 1.82) is 0 Å². The second-order valence-electron chi connectivity index (χ2n) is 9.90. The molecule has 2 bridgehead atoms. The van der Waals surface area contributed by atoms with E-state index in [1.165, 1.54) is 16.7 Å². The van der Waals surface area contributed by atoms with Gasteiger partial charge in [0.1, 0.15) is 17.9 Å². The molecular weight excluding hydrogens is 463 g/mol. The van der Waals surface area contributed by atoms with Gasteiger partial charge in [0.15, 0.2) is 11.0 Å². The number of amides is 1. The zero-order valence-electron chi connectivity index (χ0n) is 18.7. The van der Waals surface area contributed by atoms with Gasteiger partial charge in [-0.1, -0.05) is 23.8 Å². The first-order chi connectivity index (χ1) is 16.3. The summed E-state index contributed by atoms with van der Waals surface area (Å²) in [5.74, 6) is -0.212. The number of piperazine rings is 1. The summed E-state index contributed by atoms with van der Waals surface area (Å²) in [5, 5.41) is 9.78. The van der Waals surface area contributed by atoms with E-state index in [9.17, 15) is 9.90 Å². The van der Waals surface area contributed by atoms with E-state index in [1.54, 1.807) is 0 Å². The predicted octanol–water partition coefficient (Wildman–Crippen LogP) is 3.32. The van der Waals surface area contributed by atoms with Crippen molar-refractivity contribution in [3.8, 4) is 6.01 Å². The van der Waals surface area contributed by atoms with Crippen LogP contribution >= 0.6 is 11.6 Å². The molecule has 6 heterocycles. The summed E-state index contributed by atoms with van der Waals surface area (Å²) < 4.78 is 21.1. The van der Waals surface area contributed by atoms with Crippen molar-refractivity contribution in [3.63, 3.8) is 0 Å². The number of ether oxygens (including phenoxy) is 1. The molecule has 34 heavy (non-hydrogen) atoms. The van der Waals surface area contributed by atoms with Crippen molar-refractivity contribution in [2.24, 2.45) is 0 Å². The summed E-state index contributed by atoms with van der Waals surface area (Å²) in [4.78, 5) is 30.7. The largest absolute Gasteiger partial charge is 0.465 e. The summed E-state index contributed by atoms with van der Waals surface area (Å²) in [6.07, 6.45) is 5.15. The fraction of sp³-hybridized carbons (Fsp3) is 0.565. The number of anilines is 1. The number of fused-ring (bicyclic) bond motifs is 4. The third-order valence-corrected chi connectivity index (χ3v) is 8.07. The van der Waals surface area contributed by atoms with Gasteiger partial charge < -0.3 is 14.7 Å². The molecule has 2 aromatic rings. The minimum atomic E-state index is -0.901. The van der Waals surface area contributed by atoms with Crippen molar-refractivity contribution in [2.75, 3.05) is 37.7 Å². The van der Waals surface area contributed by atoms with Crippen molar-refractivity contribution in [3.05, 3.63) is 29.3 Å². The van der Waals surface area contributed by atoms with Crippen LogP contribution < -0.4 is 9.64 Å². The first kappa shape index (κ1) is 21.8. The third kappa shape index (κ3) is 3.38. The van der Waals surface area contributed by atoms with Gasteiger partial charge in [0.2, 0.25) is 0 Å². The highest BCUT2D eigenvalue weighted by Gasteiger charge is 2.47. The topological polar surface area (TPSA) is 94.9 Å². The van der Waals surface area contributed by atoms with E-state index in [-0.39, 0.29) is 34.3 Å². The molecule has 9 nitrogen and oxygen atoms in total. The third-order valence-electron chi connectivity index (χ3n) is 7.81. The fourth-order valence-corrected chi connectivity index (χ4v) is 6.48. The van der Waals surface area contributed by atoms with Gasteiger partial charge in [-0.25, -0.2) is 14.2 Å². The van der Waals surface area contributed by atoms with Crippen LogP contribution in [0.5, 0.6) is 6.01 Å². The van der Waals surface area contributed by atoms with Gasteiger partial charge in [-0.05, 0) is 38.6 Å². The number of halogens is 2. The Balaban J connectivity index is 1.35. The Morgan fingerprint density at radius 3 is 2.82 bits per heavy atom. The minimum Gasteiger partial charge on any atom is -0.465 e. The molecule has 0 radical (unpaired) electrons. The van der Waals surface area contributed by atoms with Crippen LogP contribution in [0.4, 0.5) is 15.0 Å². The lowest BCUT2D eigenvalue weighted by atomic mass is 9.94. The summed E-state index contributed by atoms with van der Waals surface area (Å²) in [6.45, 7) is 7.38. The lowest BCUT2D eigenvalue weighted by Gasteiger charge is -2.40. The quantitative estimate of drug-likeness (QED) is 0.517. The second-order valence-corrected chi connectivity index (χ2v) is 10.3. The van der Waals surface area contributed by atoms with Gasteiger partial charge in [0.25, 0.3) is 0 Å². The molecule has 4 fully saturated rings. The molecule has 180 valence electrons. The van der Waals surface area contributed by atoms with Crippen molar-refractivity contribution in [1.82, 2.24) is 24.8 Å². The number of carbonyl (C=O) groups is 1. The highest BCUT2D eigenvalue weighted by Crippen LogP contribution is 2.41. The highest BCUT2D eigenvalue weighted by molar-refractivity contribution is 6.30. The van der Waals surface area contributed by atoms with E-state index < -0.39 is 11.9 Å². The van der Waals surface area contributed by atoms with E-state index in [0.29, 0.717) is 30.9 Å². The van der Waals surface area contributed by atoms with E-state index in [2.05, 4.69) is 26.4 Å². The molecule has 0 saturated carbocycles. The van der Waals surface area contributed by atoms with Gasteiger partial charge in [0, 0.05) is 25.8 Å². The maximum atomic E-state index is 15.0. The van der Waals surface area contributed by atoms with Crippen LogP contribution in [-0.2, 0) is 0 Å². The molecule has 2 aromatic heterocycles. The first-order valence-electron chi connectivity index (χ1n) is 11.7. The Bertz CT molecular complexity index is 1180. The Morgan fingerprint density at radius 2 is 2.09 bits per heavy atom. The first-order valence-corrected chi connectivity index (χ1v) is 12.0. The molecule has 1 amide bonds. The molecule has 6 rings (SSSR count). The number of aromatic nitrogens is 3. The second kappa shape index (κ2) is 7.91. The number of hydrogen-bond acceptors (Lipinski definition) is 7. The summed E-state index contributed by atoms with van der Waals surface area (Å²) >= 11 is 5.97. The maximum Gasteiger partial charge on any atom is 0.407 e. The molecule has 0 aliphatic carbocycles. The van der Waals surface area contributed by atoms with Crippen molar-refractivity contribution < 1.29 is 19.0 Å². The molecule has 4 aliphatic heterocycles. The van der Waals surface area contributed by atoms with Crippen LogP contribution in [0, 0.1) is 5.82 Å². The summed E-state index contributed by atoms with van der Waals surface area (Å²) in [6, 6.07) is -0.173. The molecular formula is C23H26ClFN6O3. The minimum absolute atomic E-state index is 0.0598. The van der Waals surface area contributed by atoms with Gasteiger partial charge in [-0.3, -0.25) is 9.80 Å². The lowest BCUT2D eigenvalue weighted by molar-refractivity contribution is 0.107. The smallest absolute Gasteiger partial charge is 0.407 e. The average molecular weight is 489 g/mol. The number of hydrogen-bond donors (Lipinski definition) is 1. The van der Waals surface area contributed by atoms with E-state index in [0.717, 1.165) is 45.2 Å². The van der Waals surface area contributed by atoms with E-state index in [1.807, 2.05) is 4.90 Å². The van der Waals surface area contributed by atoms with Crippen LogP contribution in [0.1, 0.15) is 32.1 Å². The Labute approximate surface area is 201 Å². The maximum absolute atomic E-state index is 15.0. The fourth-order valence-electron chi connectivity index (χ4n) is 6.34. The number of rotatable bonds is 4. The summed E-state index contributed by atoms with van der Waals surface area (Å²) in [7, 11) is 0. The van der Waals surface area contributed by atoms with Crippen molar-refractivity contribution in [2.45, 2.75) is 49.7 Å². The molecule has 3 atom stereocenters. The summed E-state index contributed by atoms with van der Waals surface area (Å²) in [5.41, 5.74) is 1.14. The predicted molar refractivity (Wildman–Crippen MR) is 124 cm³/mol. The zero-order valence-corrected chi connectivity index (χ0v) is 19.5. The van der Waals surface area contributed by atoms with Crippen LogP contribution in [0.3, 0.4) is 0 Å². The van der Waals surface area contributed by atoms with Crippen LogP contribution in [0.25, 0.3) is 10.9 Å². The normalized spacial score (nSPS) is 28.7. The van der Waals surface area contributed by atoms with E-state index in [4.69, 9.17) is 16.3 Å². The monoisotopic (exact) mass is 488 g/mol. The Kier molecular flexibility index (Phi) is 5.07. The molecule has 0 spiro atoms. The Morgan fingerprint density at radius 1 is 1.32 bits per heavy atom. The molecule has 4 saturated heterocycles. The number of nitrogens with zero attached hydrogens (tertiary/aromatic N) is 6. The molecule has 1 N–H and O–H groups in total. The number of carboxylic acid groups (broad SMARTS) is 1. The zero-order chi connectivity index (χ0) is 23.6. The Hall–Kier alpha value is -2.72. The SMILES string of the molecule is C=C1CN2CCC[C@@]2(COc2nc(N3C[C@H]4CC[C@@H](C3)N4C(=O)O)c3cnc(Cl)c(F)c3n2)C1. The standard InChI is InChI=1S/C23H26ClFN6O3/c1-13-7-23(5-2-6-30(23)9-13)12-34-21-27-18-16(8-26-19(24)17(18)25)20(28-21)29-10-14-3-4-15(11-29)31(14)22(32)33/h8,14-15H,1-7,9-12H2,(H,32,33)/t14-,15+,23-/m0/s1. The van der Waals surface area contributed by atoms with Crippen LogP contribution in [0.15, 0.2) is 18.3 Å². The van der Waals surface area contributed by atoms with Gasteiger partial charge in [0.05, 0.1) is 23.0 Å². The highest BCUT2D eigenvalue weighted by atomic mass is 35.5. The van der Waals surface area contributed by atoms with Gasteiger partial charge >= 0.3 is 12.1 Å². The number of pyridine rings is 1. The molecule has 4 aliphatic rings. The molecule has 11 heteroatoms. The average Bonchev–Trinajstić information content (AvgIpc) is 3.42. The van der Waals surface area contributed by atoms with Crippen LogP contribution in [0.2, 0.25) is 5.15 Å². The van der Waals surface area contributed by atoms with Crippen molar-refractivity contribution >= 4 is 34.4 Å². The molecule has 0 unspecified atom stereocenters. The van der Waals surface area contributed by atoms with Crippen LogP contribution in [-0.4, -0.2) is 86.4 Å². The lowest BCUT2D eigenvalue weighted by Crippen LogP contribution is -2.55. The molecule has 0 aromatic carbocycles. The van der Waals surface area contributed by atoms with Gasteiger partial charge in [-0.15, -0.1) is 0 Å². The van der Waals surface area contributed by atoms with E-state index >= 15 is 4.39 Å².